The third-order valence-corrected chi connectivity index (χ3v) is 6.81. The van der Waals surface area contributed by atoms with Crippen molar-refractivity contribution < 1.29 is 18.4 Å². The van der Waals surface area contributed by atoms with E-state index in [2.05, 4.69) is 5.32 Å². The Hall–Kier alpha value is -4.02. The molecule has 4 N–H and O–H groups in total. The lowest BCUT2D eigenvalue weighted by Crippen LogP contribution is -2.51. The lowest BCUT2D eigenvalue weighted by molar-refractivity contribution is -0.129. The van der Waals surface area contributed by atoms with Gasteiger partial charge in [0, 0.05) is 29.6 Å². The van der Waals surface area contributed by atoms with Crippen LogP contribution in [0.2, 0.25) is 0 Å². The number of amides is 2. The van der Waals surface area contributed by atoms with Gasteiger partial charge in [-0.2, -0.15) is 0 Å². The number of rotatable bonds is 8. The molecule has 10 heteroatoms. The van der Waals surface area contributed by atoms with Crippen LogP contribution in [-0.4, -0.2) is 38.0 Å². The van der Waals surface area contributed by atoms with E-state index in [1.807, 2.05) is 24.3 Å². The maximum absolute atomic E-state index is 13.4. The van der Waals surface area contributed by atoms with Crippen molar-refractivity contribution in [1.82, 2.24) is 10.3 Å². The number of hydrazine groups is 1. The van der Waals surface area contributed by atoms with E-state index in [0.717, 1.165) is 20.9 Å². The molecule has 1 atom stereocenters. The van der Waals surface area contributed by atoms with Gasteiger partial charge in [0.1, 0.15) is 5.84 Å². The van der Waals surface area contributed by atoms with Crippen molar-refractivity contribution in [2.45, 2.75) is 26.3 Å². The van der Waals surface area contributed by atoms with Gasteiger partial charge in [-0.05, 0) is 30.4 Å². The SMILES string of the molecule is CC1=C(CC(=O)NCc2ccc(C(=N)N)cc2)C(=O)N(N(c2cccc3ccccc23)S(=O)[O-])CC1. The molecule has 1 unspecified atom stereocenters. The van der Waals surface area contributed by atoms with E-state index in [1.54, 1.807) is 49.4 Å². The molecule has 0 fully saturated rings. The van der Waals surface area contributed by atoms with Gasteiger partial charge in [0.05, 0.1) is 23.4 Å². The molecule has 2 amide bonds. The fraction of sp³-hybridized carbons (Fsp3) is 0.192. The summed E-state index contributed by atoms with van der Waals surface area (Å²) in [6.45, 7) is 2.21. The van der Waals surface area contributed by atoms with E-state index in [1.165, 1.54) is 5.01 Å². The van der Waals surface area contributed by atoms with Gasteiger partial charge < -0.3 is 15.6 Å². The molecule has 3 aromatic carbocycles. The first kappa shape index (κ1) is 25.1. The maximum atomic E-state index is 13.4. The Morgan fingerprint density at radius 1 is 1.14 bits per heavy atom. The third-order valence-electron chi connectivity index (χ3n) is 6.13. The van der Waals surface area contributed by atoms with E-state index < -0.39 is 17.2 Å². The smallest absolute Gasteiger partial charge is 0.269 e. The molecule has 0 saturated carbocycles. The van der Waals surface area contributed by atoms with E-state index in [4.69, 9.17) is 11.1 Å². The molecule has 0 bridgehead atoms. The van der Waals surface area contributed by atoms with Crippen molar-refractivity contribution in [2.75, 3.05) is 11.0 Å². The highest BCUT2D eigenvalue weighted by Crippen LogP contribution is 2.32. The molecule has 4 rings (SSSR count). The Kier molecular flexibility index (Phi) is 7.47. The summed E-state index contributed by atoms with van der Waals surface area (Å²) >= 11 is -2.76. The van der Waals surface area contributed by atoms with Gasteiger partial charge in [-0.3, -0.25) is 19.2 Å². The average Bonchev–Trinajstić information content (AvgIpc) is 2.87. The lowest BCUT2D eigenvalue weighted by Gasteiger charge is -2.40. The topological polar surface area (TPSA) is 143 Å². The summed E-state index contributed by atoms with van der Waals surface area (Å²) < 4.78 is 25.7. The molecule has 3 aromatic rings. The van der Waals surface area contributed by atoms with Crippen molar-refractivity contribution in [3.8, 4) is 0 Å². The zero-order chi connectivity index (χ0) is 25.8. The van der Waals surface area contributed by atoms with E-state index in [9.17, 15) is 18.4 Å². The highest BCUT2D eigenvalue weighted by Gasteiger charge is 2.32. The van der Waals surface area contributed by atoms with Gasteiger partial charge in [-0.25, -0.2) is 9.42 Å². The van der Waals surface area contributed by atoms with Crippen molar-refractivity contribution in [3.05, 3.63) is 89.0 Å². The molecular formula is C26H26N5O4S-. The number of nitrogens with two attached hydrogens (primary N) is 1. The Bertz CT molecular complexity index is 1380. The number of hydrogen-bond donors (Lipinski definition) is 3. The average molecular weight is 505 g/mol. The Balaban J connectivity index is 1.51. The number of anilines is 1. The second-order valence-electron chi connectivity index (χ2n) is 8.49. The normalized spacial score (nSPS) is 14.6. The highest BCUT2D eigenvalue weighted by atomic mass is 32.2. The van der Waals surface area contributed by atoms with Crippen LogP contribution >= 0.6 is 0 Å². The molecule has 9 nitrogen and oxygen atoms in total. The molecule has 0 saturated heterocycles. The Labute approximate surface area is 211 Å². The standard InChI is InChI=1S/C26H27N5O4S/c1-17-13-14-30(31(36(34)35)23-8-4-6-19-5-2-3-7-21(19)23)26(33)22(17)15-24(32)29-16-18-9-11-20(12-10-18)25(27)28/h2-12H,13-16H2,1H3,(H3,27,28)(H,29,32)(H,34,35)/p-1. The fourth-order valence-corrected chi connectivity index (χ4v) is 4.79. The van der Waals surface area contributed by atoms with E-state index >= 15 is 0 Å². The predicted octanol–water partition coefficient (Wildman–Crippen LogP) is 2.89. The first-order valence-electron chi connectivity index (χ1n) is 11.3. The van der Waals surface area contributed by atoms with Crippen molar-refractivity contribution in [2.24, 2.45) is 5.73 Å². The minimum absolute atomic E-state index is 0.0371. The molecule has 186 valence electrons. The molecule has 0 spiro atoms. The minimum Gasteiger partial charge on any atom is -0.754 e. The van der Waals surface area contributed by atoms with Crippen LogP contribution in [0.15, 0.2) is 77.9 Å². The Morgan fingerprint density at radius 2 is 1.83 bits per heavy atom. The first-order valence-corrected chi connectivity index (χ1v) is 12.4. The molecular weight excluding hydrogens is 478 g/mol. The number of nitrogens with zero attached hydrogens (tertiary/aromatic N) is 2. The number of benzene rings is 3. The number of nitrogen functional groups attached to an aromatic ring is 1. The number of carbonyl (C=O) groups excluding carboxylic acids is 2. The largest absolute Gasteiger partial charge is 0.754 e. The van der Waals surface area contributed by atoms with Gasteiger partial charge >= 0.3 is 0 Å². The summed E-state index contributed by atoms with van der Waals surface area (Å²) in [7, 11) is 0. The van der Waals surface area contributed by atoms with Crippen LogP contribution in [-0.2, 0) is 27.4 Å². The van der Waals surface area contributed by atoms with Crippen LogP contribution in [0.1, 0.15) is 30.9 Å². The van der Waals surface area contributed by atoms with Gasteiger partial charge in [-0.15, -0.1) is 0 Å². The highest BCUT2D eigenvalue weighted by molar-refractivity contribution is 7.80. The van der Waals surface area contributed by atoms with Gasteiger partial charge in [0.25, 0.3) is 5.91 Å². The van der Waals surface area contributed by atoms with Crippen LogP contribution in [0, 0.1) is 5.41 Å². The summed E-state index contributed by atoms with van der Waals surface area (Å²) in [6.07, 6.45) is 0.279. The summed E-state index contributed by atoms with van der Waals surface area (Å²) in [5.41, 5.74) is 8.27. The molecule has 36 heavy (non-hydrogen) atoms. The summed E-state index contributed by atoms with van der Waals surface area (Å²) in [5.74, 6) is -0.906. The number of nitrogens with one attached hydrogen (secondary N) is 2. The quantitative estimate of drug-likeness (QED) is 0.246. The summed E-state index contributed by atoms with van der Waals surface area (Å²) in [5, 5.41) is 13.0. The first-order chi connectivity index (χ1) is 17.3. The Morgan fingerprint density at radius 3 is 2.53 bits per heavy atom. The van der Waals surface area contributed by atoms with Gasteiger partial charge in [0.2, 0.25) is 5.91 Å². The van der Waals surface area contributed by atoms with Gasteiger partial charge in [-0.1, -0.05) is 66.2 Å². The number of fused-ring (bicyclic) bond motifs is 1. The zero-order valence-electron chi connectivity index (χ0n) is 19.7. The van der Waals surface area contributed by atoms with Crippen LogP contribution in [0.3, 0.4) is 0 Å². The third kappa shape index (κ3) is 5.29. The zero-order valence-corrected chi connectivity index (χ0v) is 20.5. The summed E-state index contributed by atoms with van der Waals surface area (Å²) in [6, 6.07) is 19.5. The molecule has 1 heterocycles. The van der Waals surface area contributed by atoms with Crippen molar-refractivity contribution in [1.29, 1.82) is 5.41 Å². The number of amidine groups is 1. The molecule has 0 radical (unpaired) electrons. The van der Waals surface area contributed by atoms with Crippen LogP contribution in [0.5, 0.6) is 0 Å². The van der Waals surface area contributed by atoms with Crippen LogP contribution in [0.25, 0.3) is 10.8 Å². The summed E-state index contributed by atoms with van der Waals surface area (Å²) in [4.78, 5) is 26.1. The van der Waals surface area contributed by atoms with Crippen molar-refractivity contribution >= 4 is 45.4 Å². The van der Waals surface area contributed by atoms with Crippen molar-refractivity contribution in [3.63, 3.8) is 0 Å². The molecule has 0 aliphatic carbocycles. The monoisotopic (exact) mass is 504 g/mol. The lowest BCUT2D eigenvalue weighted by atomic mass is 9.98. The second kappa shape index (κ2) is 10.7. The minimum atomic E-state index is -2.76. The maximum Gasteiger partial charge on any atom is 0.269 e. The second-order valence-corrected chi connectivity index (χ2v) is 9.27. The predicted molar refractivity (Wildman–Crippen MR) is 138 cm³/mol. The molecule has 1 aliphatic rings. The van der Waals surface area contributed by atoms with Gasteiger partial charge in [0.15, 0.2) is 0 Å². The van der Waals surface area contributed by atoms with Crippen LogP contribution < -0.4 is 15.5 Å². The number of carbonyl (C=O) groups is 2. The van der Waals surface area contributed by atoms with Crippen LogP contribution in [0.4, 0.5) is 5.69 Å². The van der Waals surface area contributed by atoms with E-state index in [-0.39, 0.29) is 36.8 Å². The molecule has 1 aliphatic heterocycles. The van der Waals surface area contributed by atoms with E-state index in [0.29, 0.717) is 23.1 Å². The fourth-order valence-electron chi connectivity index (χ4n) is 4.16. The number of hydrogen-bond acceptors (Lipinski definition) is 5. The molecule has 0 aromatic heterocycles.